The van der Waals surface area contributed by atoms with E-state index >= 15 is 0 Å². The number of pyridine rings is 1. The van der Waals surface area contributed by atoms with Gasteiger partial charge in [0.2, 0.25) is 0 Å². The zero-order valence-corrected chi connectivity index (χ0v) is 16.4. The van der Waals surface area contributed by atoms with Crippen molar-refractivity contribution in [1.82, 2.24) is 20.1 Å². The average molecular weight is 393 g/mol. The molecule has 1 aliphatic heterocycles. The quantitative estimate of drug-likeness (QED) is 0.720. The molecule has 0 atom stereocenters. The zero-order chi connectivity index (χ0) is 20.2. The molecule has 29 heavy (non-hydrogen) atoms. The van der Waals surface area contributed by atoms with Gasteiger partial charge >= 0.3 is 0 Å². The van der Waals surface area contributed by atoms with Crippen LogP contribution in [0.15, 0.2) is 54.9 Å². The lowest BCUT2D eigenvalue weighted by Crippen LogP contribution is -2.33. The van der Waals surface area contributed by atoms with E-state index in [0.717, 1.165) is 30.4 Å². The standard InChI is InChI=1S/C22H24FN5O/c1-16-7-10-27(11-8-16)21-6-5-17(14-24-21)15-25-22(29)20-9-12-28(26-20)19-4-2-3-18(23)13-19/h2-6,9,12-14,16H,7-8,10-11,15H2,1H3,(H,25,29). The number of piperidine rings is 1. The van der Waals surface area contributed by atoms with Crippen LogP contribution in [0.25, 0.3) is 5.69 Å². The highest BCUT2D eigenvalue weighted by atomic mass is 19.1. The van der Waals surface area contributed by atoms with E-state index in [0.29, 0.717) is 12.2 Å². The highest BCUT2D eigenvalue weighted by Gasteiger charge is 2.17. The summed E-state index contributed by atoms with van der Waals surface area (Å²) in [5.41, 5.74) is 1.77. The van der Waals surface area contributed by atoms with E-state index in [1.54, 1.807) is 30.6 Å². The Morgan fingerprint density at radius 2 is 2.03 bits per heavy atom. The molecular weight excluding hydrogens is 369 g/mol. The number of anilines is 1. The second-order valence-corrected chi connectivity index (χ2v) is 7.50. The minimum Gasteiger partial charge on any atom is -0.357 e. The first kappa shape index (κ1) is 19.1. The van der Waals surface area contributed by atoms with Crippen molar-refractivity contribution in [3.63, 3.8) is 0 Å². The molecule has 1 amide bonds. The van der Waals surface area contributed by atoms with Crippen LogP contribution >= 0.6 is 0 Å². The van der Waals surface area contributed by atoms with Crippen LogP contribution in [0.5, 0.6) is 0 Å². The van der Waals surface area contributed by atoms with E-state index in [1.165, 1.54) is 29.7 Å². The highest BCUT2D eigenvalue weighted by molar-refractivity contribution is 5.92. The second-order valence-electron chi connectivity index (χ2n) is 7.50. The molecule has 6 nitrogen and oxygen atoms in total. The lowest BCUT2D eigenvalue weighted by Gasteiger charge is -2.31. The van der Waals surface area contributed by atoms with Crippen molar-refractivity contribution in [2.24, 2.45) is 5.92 Å². The Bertz CT molecular complexity index is 977. The third-order valence-electron chi connectivity index (χ3n) is 5.26. The Kier molecular flexibility index (Phi) is 5.55. The Labute approximate surface area is 169 Å². The monoisotopic (exact) mass is 393 g/mol. The number of rotatable bonds is 5. The van der Waals surface area contributed by atoms with Crippen molar-refractivity contribution in [2.45, 2.75) is 26.3 Å². The molecule has 0 unspecified atom stereocenters. The first-order valence-electron chi connectivity index (χ1n) is 9.88. The van der Waals surface area contributed by atoms with E-state index < -0.39 is 0 Å². The van der Waals surface area contributed by atoms with Crippen molar-refractivity contribution >= 4 is 11.7 Å². The van der Waals surface area contributed by atoms with Crippen molar-refractivity contribution in [3.8, 4) is 5.69 Å². The maximum Gasteiger partial charge on any atom is 0.272 e. The fraction of sp³-hybridized carbons (Fsp3) is 0.318. The number of halogens is 1. The van der Waals surface area contributed by atoms with Gasteiger partial charge in [0.1, 0.15) is 11.6 Å². The zero-order valence-electron chi connectivity index (χ0n) is 16.4. The molecule has 0 spiro atoms. The van der Waals surface area contributed by atoms with Crippen molar-refractivity contribution in [2.75, 3.05) is 18.0 Å². The van der Waals surface area contributed by atoms with Gasteiger partial charge in [-0.05, 0) is 54.7 Å². The smallest absolute Gasteiger partial charge is 0.272 e. The molecule has 2 aromatic heterocycles. The highest BCUT2D eigenvalue weighted by Crippen LogP contribution is 2.21. The number of nitrogens with zero attached hydrogens (tertiary/aromatic N) is 4. The number of aromatic nitrogens is 3. The summed E-state index contributed by atoms with van der Waals surface area (Å²) in [4.78, 5) is 19.2. The third-order valence-corrected chi connectivity index (χ3v) is 5.26. The van der Waals surface area contributed by atoms with Crippen LogP contribution in [0.3, 0.4) is 0 Å². The minimum atomic E-state index is -0.348. The molecular formula is C22H24FN5O. The predicted octanol–water partition coefficient (Wildman–Crippen LogP) is 3.57. The molecule has 0 bridgehead atoms. The lowest BCUT2D eigenvalue weighted by molar-refractivity contribution is 0.0945. The molecule has 0 saturated carbocycles. The number of nitrogens with one attached hydrogen (secondary N) is 1. The second kappa shape index (κ2) is 8.43. The summed E-state index contributed by atoms with van der Waals surface area (Å²) >= 11 is 0. The summed E-state index contributed by atoms with van der Waals surface area (Å²) in [6, 6.07) is 11.7. The van der Waals surface area contributed by atoms with Crippen LogP contribution in [-0.4, -0.2) is 33.8 Å². The number of carbonyl (C=O) groups excluding carboxylic acids is 1. The Balaban J connectivity index is 1.34. The number of amides is 1. The fourth-order valence-corrected chi connectivity index (χ4v) is 3.43. The molecule has 0 aliphatic carbocycles. The van der Waals surface area contributed by atoms with Gasteiger partial charge in [0.25, 0.3) is 5.91 Å². The van der Waals surface area contributed by atoms with Crippen LogP contribution < -0.4 is 10.2 Å². The molecule has 1 fully saturated rings. The Morgan fingerprint density at radius 3 is 2.76 bits per heavy atom. The first-order valence-corrected chi connectivity index (χ1v) is 9.88. The van der Waals surface area contributed by atoms with E-state index in [-0.39, 0.29) is 17.4 Å². The summed E-state index contributed by atoms with van der Waals surface area (Å²) in [6.07, 6.45) is 5.84. The van der Waals surface area contributed by atoms with Gasteiger partial charge in [-0.3, -0.25) is 4.79 Å². The molecule has 4 rings (SSSR count). The van der Waals surface area contributed by atoms with Gasteiger partial charge in [0.05, 0.1) is 5.69 Å². The molecule has 3 aromatic rings. The molecule has 1 aliphatic rings. The normalized spacial score (nSPS) is 14.8. The van der Waals surface area contributed by atoms with Gasteiger partial charge in [-0.1, -0.05) is 19.1 Å². The Morgan fingerprint density at radius 1 is 1.21 bits per heavy atom. The summed E-state index contributed by atoms with van der Waals surface area (Å²) in [6.45, 7) is 4.74. The van der Waals surface area contributed by atoms with Gasteiger partial charge in [-0.15, -0.1) is 0 Å². The number of carbonyl (C=O) groups is 1. The molecule has 1 N–H and O–H groups in total. The minimum absolute atomic E-state index is 0.279. The molecule has 1 aromatic carbocycles. The summed E-state index contributed by atoms with van der Waals surface area (Å²) in [5.74, 6) is 1.14. The van der Waals surface area contributed by atoms with Crippen molar-refractivity contribution < 1.29 is 9.18 Å². The number of hydrogen-bond donors (Lipinski definition) is 1. The fourth-order valence-electron chi connectivity index (χ4n) is 3.43. The van der Waals surface area contributed by atoms with Crippen molar-refractivity contribution in [1.29, 1.82) is 0 Å². The molecule has 0 radical (unpaired) electrons. The van der Waals surface area contributed by atoms with Gasteiger partial charge in [-0.2, -0.15) is 5.10 Å². The topological polar surface area (TPSA) is 63.1 Å². The maximum atomic E-state index is 13.4. The van der Waals surface area contributed by atoms with Crippen LogP contribution in [0.4, 0.5) is 10.2 Å². The molecule has 3 heterocycles. The summed E-state index contributed by atoms with van der Waals surface area (Å²) in [5, 5.41) is 7.08. The van der Waals surface area contributed by atoms with E-state index in [1.807, 2.05) is 12.1 Å². The van der Waals surface area contributed by atoms with E-state index in [4.69, 9.17) is 0 Å². The predicted molar refractivity (Wildman–Crippen MR) is 110 cm³/mol. The van der Waals surface area contributed by atoms with Crippen LogP contribution in [0.1, 0.15) is 35.8 Å². The maximum absolute atomic E-state index is 13.4. The number of hydrogen-bond acceptors (Lipinski definition) is 4. The lowest BCUT2D eigenvalue weighted by atomic mass is 9.99. The van der Waals surface area contributed by atoms with Crippen LogP contribution in [0.2, 0.25) is 0 Å². The summed E-state index contributed by atoms with van der Waals surface area (Å²) in [7, 11) is 0. The average Bonchev–Trinajstić information content (AvgIpc) is 3.24. The van der Waals surface area contributed by atoms with Gasteiger partial charge in [0, 0.05) is 32.0 Å². The van der Waals surface area contributed by atoms with Gasteiger partial charge < -0.3 is 10.2 Å². The first-order chi connectivity index (χ1) is 14.1. The third kappa shape index (κ3) is 4.62. The SMILES string of the molecule is CC1CCN(c2ccc(CNC(=O)c3ccn(-c4cccc(F)c4)n3)cn2)CC1. The van der Waals surface area contributed by atoms with Crippen LogP contribution in [0, 0.1) is 11.7 Å². The van der Waals surface area contributed by atoms with E-state index in [2.05, 4.69) is 27.2 Å². The van der Waals surface area contributed by atoms with Gasteiger partial charge in [0.15, 0.2) is 5.69 Å². The van der Waals surface area contributed by atoms with Crippen molar-refractivity contribution in [3.05, 3.63) is 71.9 Å². The summed E-state index contributed by atoms with van der Waals surface area (Å²) < 4.78 is 14.8. The molecule has 7 heteroatoms. The molecule has 150 valence electrons. The largest absolute Gasteiger partial charge is 0.357 e. The Hall–Kier alpha value is -3.22. The van der Waals surface area contributed by atoms with Gasteiger partial charge in [-0.25, -0.2) is 14.1 Å². The van der Waals surface area contributed by atoms with E-state index in [9.17, 15) is 9.18 Å². The van der Waals surface area contributed by atoms with Crippen LogP contribution in [-0.2, 0) is 6.54 Å². The molecule has 1 saturated heterocycles. The number of benzene rings is 1.